The topological polar surface area (TPSA) is 71.5 Å². The smallest absolute Gasteiger partial charge is 0.355 e. The van der Waals surface area contributed by atoms with Crippen molar-refractivity contribution in [1.82, 2.24) is 4.98 Å². The normalized spacial score (nSPS) is 10.1. The molecular weight excluding hydrogens is 232 g/mol. The van der Waals surface area contributed by atoms with Crippen LogP contribution in [0.15, 0.2) is 23.2 Å². The number of aryl methyl sites for hydroxylation is 1. The van der Waals surface area contributed by atoms with Crippen molar-refractivity contribution < 1.29 is 14.3 Å². The molecule has 0 aliphatic heterocycles. The molecule has 0 fully saturated rings. The third kappa shape index (κ3) is 1.92. The van der Waals surface area contributed by atoms with Crippen molar-refractivity contribution >= 4 is 28.6 Å². The van der Waals surface area contributed by atoms with Gasteiger partial charge in [0.2, 0.25) is 6.08 Å². The molecule has 5 nitrogen and oxygen atoms in total. The average Bonchev–Trinajstić information content (AvgIpc) is 2.69. The van der Waals surface area contributed by atoms with Crippen molar-refractivity contribution in [1.29, 1.82) is 0 Å². The number of benzene rings is 1. The van der Waals surface area contributed by atoms with E-state index in [1.807, 2.05) is 6.07 Å². The molecule has 1 aromatic carbocycles. The number of hydrogen-bond acceptors (Lipinski definition) is 4. The first-order valence-corrected chi connectivity index (χ1v) is 5.55. The third-order valence-corrected chi connectivity index (χ3v) is 2.70. The van der Waals surface area contributed by atoms with Crippen molar-refractivity contribution in [2.75, 3.05) is 6.61 Å². The van der Waals surface area contributed by atoms with Gasteiger partial charge in [-0.05, 0) is 31.5 Å². The Morgan fingerprint density at radius 3 is 2.94 bits per heavy atom. The number of H-pyrrole nitrogens is 1. The summed E-state index contributed by atoms with van der Waals surface area (Å²) in [6, 6.07) is 5.27. The lowest BCUT2D eigenvalue weighted by atomic mass is 10.1. The van der Waals surface area contributed by atoms with Crippen molar-refractivity contribution in [2.24, 2.45) is 4.99 Å². The molecule has 0 atom stereocenters. The minimum Gasteiger partial charge on any atom is -0.461 e. The van der Waals surface area contributed by atoms with Crippen molar-refractivity contribution in [3.8, 4) is 0 Å². The van der Waals surface area contributed by atoms with Crippen LogP contribution in [0, 0.1) is 6.92 Å². The number of carbonyl (C=O) groups excluding carboxylic acids is 2. The minimum atomic E-state index is -0.410. The number of ether oxygens (including phenoxy) is 1. The summed E-state index contributed by atoms with van der Waals surface area (Å²) in [5.74, 6) is -0.410. The molecule has 0 saturated heterocycles. The van der Waals surface area contributed by atoms with Crippen LogP contribution in [0.25, 0.3) is 10.9 Å². The lowest BCUT2D eigenvalue weighted by Crippen LogP contribution is -2.06. The highest BCUT2D eigenvalue weighted by Crippen LogP contribution is 2.30. The Hall–Kier alpha value is -2.39. The van der Waals surface area contributed by atoms with E-state index in [9.17, 15) is 9.59 Å². The summed E-state index contributed by atoms with van der Waals surface area (Å²) in [7, 11) is 0. The van der Waals surface area contributed by atoms with Gasteiger partial charge in [-0.1, -0.05) is 6.07 Å². The molecule has 1 N–H and O–H groups in total. The number of rotatable bonds is 3. The molecule has 0 saturated carbocycles. The lowest BCUT2D eigenvalue weighted by Gasteiger charge is -2.00. The number of esters is 1. The lowest BCUT2D eigenvalue weighted by molar-refractivity contribution is 0.0520. The Kier molecular flexibility index (Phi) is 3.26. The summed E-state index contributed by atoms with van der Waals surface area (Å²) in [4.78, 5) is 28.7. The Bertz CT molecular complexity index is 652. The van der Waals surface area contributed by atoms with Gasteiger partial charge in [-0.25, -0.2) is 9.59 Å². The molecule has 0 aliphatic carbocycles. The van der Waals surface area contributed by atoms with E-state index in [4.69, 9.17) is 4.74 Å². The average molecular weight is 244 g/mol. The van der Waals surface area contributed by atoms with Crippen molar-refractivity contribution in [3.63, 3.8) is 0 Å². The van der Waals surface area contributed by atoms with Crippen LogP contribution in [0.4, 0.5) is 5.69 Å². The van der Waals surface area contributed by atoms with E-state index < -0.39 is 5.97 Å². The van der Waals surface area contributed by atoms with Crippen LogP contribution < -0.4 is 0 Å². The predicted molar refractivity (Wildman–Crippen MR) is 66.8 cm³/mol. The SMILES string of the molecule is CCOC(=O)c1[nH]c2cccc(N=C=O)c2c1C. The first kappa shape index (κ1) is 12.1. The molecule has 0 aliphatic rings. The Morgan fingerprint density at radius 2 is 2.28 bits per heavy atom. The van der Waals surface area contributed by atoms with E-state index in [2.05, 4.69) is 9.98 Å². The van der Waals surface area contributed by atoms with Crippen molar-refractivity contribution in [2.45, 2.75) is 13.8 Å². The third-order valence-electron chi connectivity index (χ3n) is 2.70. The molecule has 0 spiro atoms. The number of nitrogens with zero attached hydrogens (tertiary/aromatic N) is 1. The van der Waals surface area contributed by atoms with Gasteiger partial charge in [-0.2, -0.15) is 4.99 Å². The molecule has 5 heteroatoms. The van der Waals surface area contributed by atoms with Crippen LogP contribution in [0.5, 0.6) is 0 Å². The van der Waals surface area contributed by atoms with E-state index in [1.54, 1.807) is 26.0 Å². The summed E-state index contributed by atoms with van der Waals surface area (Å²) in [6.07, 6.45) is 1.51. The fraction of sp³-hybridized carbons (Fsp3) is 0.231. The number of hydrogen-bond donors (Lipinski definition) is 1. The van der Waals surface area contributed by atoms with Crippen molar-refractivity contribution in [3.05, 3.63) is 29.5 Å². The zero-order chi connectivity index (χ0) is 13.1. The highest BCUT2D eigenvalue weighted by molar-refractivity contribution is 6.02. The van der Waals surface area contributed by atoms with E-state index >= 15 is 0 Å². The zero-order valence-electron chi connectivity index (χ0n) is 10.1. The monoisotopic (exact) mass is 244 g/mol. The molecule has 1 aromatic heterocycles. The molecule has 2 rings (SSSR count). The highest BCUT2D eigenvalue weighted by Gasteiger charge is 2.17. The quantitative estimate of drug-likeness (QED) is 0.512. The van der Waals surface area contributed by atoms with Crippen LogP contribution in [-0.2, 0) is 9.53 Å². The number of fused-ring (bicyclic) bond motifs is 1. The summed E-state index contributed by atoms with van der Waals surface area (Å²) < 4.78 is 4.96. The second-order valence-electron chi connectivity index (χ2n) is 3.75. The van der Waals surface area contributed by atoms with Gasteiger partial charge >= 0.3 is 5.97 Å². The molecule has 0 amide bonds. The van der Waals surface area contributed by atoms with Gasteiger partial charge < -0.3 is 9.72 Å². The maximum absolute atomic E-state index is 11.7. The maximum atomic E-state index is 11.7. The molecule has 2 aromatic rings. The highest BCUT2D eigenvalue weighted by atomic mass is 16.5. The molecular formula is C13H12N2O3. The second kappa shape index (κ2) is 4.85. The maximum Gasteiger partial charge on any atom is 0.355 e. The van der Waals surface area contributed by atoms with E-state index in [1.165, 1.54) is 6.08 Å². The Labute approximate surface area is 103 Å². The number of aromatic nitrogens is 1. The van der Waals surface area contributed by atoms with Gasteiger partial charge in [0.15, 0.2) is 0 Å². The van der Waals surface area contributed by atoms with E-state index in [-0.39, 0.29) is 0 Å². The van der Waals surface area contributed by atoms with Crippen LogP contribution in [0.3, 0.4) is 0 Å². The largest absolute Gasteiger partial charge is 0.461 e. The molecule has 0 unspecified atom stereocenters. The Balaban J connectivity index is 2.66. The summed E-state index contributed by atoms with van der Waals surface area (Å²) >= 11 is 0. The number of isocyanates is 1. The summed E-state index contributed by atoms with van der Waals surface area (Å²) in [5, 5.41) is 0.740. The molecule has 18 heavy (non-hydrogen) atoms. The standard InChI is InChI=1S/C13H12N2O3/c1-3-18-13(17)12-8(2)11-9(14-7-16)5-4-6-10(11)15-12/h4-6,15H,3H2,1-2H3. The molecule has 0 radical (unpaired) electrons. The van der Waals surface area contributed by atoms with Crippen LogP contribution in [0.1, 0.15) is 23.0 Å². The van der Waals surface area contributed by atoms with Crippen LogP contribution in [-0.4, -0.2) is 23.6 Å². The van der Waals surface area contributed by atoms with Gasteiger partial charge in [-0.15, -0.1) is 0 Å². The summed E-state index contributed by atoms with van der Waals surface area (Å²) in [5.41, 5.74) is 2.34. The van der Waals surface area contributed by atoms with Gasteiger partial charge in [-0.3, -0.25) is 0 Å². The number of aromatic amines is 1. The van der Waals surface area contributed by atoms with E-state index in [0.29, 0.717) is 18.0 Å². The van der Waals surface area contributed by atoms with Gasteiger partial charge in [0.25, 0.3) is 0 Å². The minimum absolute atomic E-state index is 0.312. The number of aliphatic imine (C=N–C) groups is 1. The molecule has 1 heterocycles. The molecule has 92 valence electrons. The predicted octanol–water partition coefficient (Wildman–Crippen LogP) is 2.62. The van der Waals surface area contributed by atoms with Gasteiger partial charge in [0.05, 0.1) is 12.3 Å². The fourth-order valence-electron chi connectivity index (χ4n) is 1.94. The number of carbonyl (C=O) groups is 1. The van der Waals surface area contributed by atoms with E-state index in [0.717, 1.165) is 16.5 Å². The second-order valence-corrected chi connectivity index (χ2v) is 3.75. The first-order chi connectivity index (χ1) is 8.69. The van der Waals surface area contributed by atoms with Crippen LogP contribution in [0.2, 0.25) is 0 Å². The van der Waals surface area contributed by atoms with Gasteiger partial charge in [0.1, 0.15) is 5.69 Å². The first-order valence-electron chi connectivity index (χ1n) is 5.55. The zero-order valence-corrected chi connectivity index (χ0v) is 10.1. The van der Waals surface area contributed by atoms with Crippen LogP contribution >= 0.6 is 0 Å². The van der Waals surface area contributed by atoms with Gasteiger partial charge in [0, 0.05) is 10.9 Å². The molecule has 0 bridgehead atoms. The summed E-state index contributed by atoms with van der Waals surface area (Å²) in [6.45, 7) is 3.85. The fourth-order valence-corrected chi connectivity index (χ4v) is 1.94. The number of nitrogens with one attached hydrogen (secondary N) is 1. The Morgan fingerprint density at radius 1 is 1.50 bits per heavy atom.